The van der Waals surface area contributed by atoms with E-state index in [9.17, 15) is 8.42 Å². The molecule has 0 atom stereocenters. The van der Waals surface area contributed by atoms with Gasteiger partial charge < -0.3 is 0 Å². The summed E-state index contributed by atoms with van der Waals surface area (Å²) in [6.07, 6.45) is 2.50. The predicted molar refractivity (Wildman–Crippen MR) is 39.8 cm³/mol. The summed E-state index contributed by atoms with van der Waals surface area (Å²) >= 11 is 0. The van der Waals surface area contributed by atoms with Crippen molar-refractivity contribution in [2.24, 2.45) is 0 Å². The van der Waals surface area contributed by atoms with Crippen LogP contribution in [-0.4, -0.2) is 41.0 Å². The minimum atomic E-state index is -4.07. The lowest BCUT2D eigenvalue weighted by atomic mass is 10.5. The van der Waals surface area contributed by atoms with Gasteiger partial charge in [-0.2, -0.15) is 8.42 Å². The minimum Gasteiger partial charge on any atom is -0.282 e. The van der Waals surface area contributed by atoms with Crippen molar-refractivity contribution >= 4 is 33.2 Å². The zero-order chi connectivity index (χ0) is 7.61. The Hall–Kier alpha value is -0.174. The van der Waals surface area contributed by atoms with E-state index in [1.165, 1.54) is 18.3 Å². The molecule has 0 saturated carbocycles. The normalized spacial score (nSPS) is 10.3. The topological polar surface area (TPSA) is 67.3 Å². The van der Waals surface area contributed by atoms with E-state index in [0.29, 0.717) is 0 Å². The van der Waals surface area contributed by atoms with Gasteiger partial charge in [0.05, 0.1) is 0 Å². The molecule has 0 aliphatic carbocycles. The molecular weight excluding hydrogens is 178 g/mol. The maximum absolute atomic E-state index is 10.3. The molecular formula is C5H5MgNO3S. The van der Waals surface area contributed by atoms with Gasteiger partial charge in [0.2, 0.25) is 0 Å². The van der Waals surface area contributed by atoms with Gasteiger partial charge in [0, 0.05) is 35.4 Å². The average molecular weight is 183 g/mol. The van der Waals surface area contributed by atoms with Gasteiger partial charge in [0.25, 0.3) is 10.1 Å². The Balaban J connectivity index is 0.000001000. The standard InChI is InChI=1S/C5H5NO3S.Mg/c7-10(8,9)5-2-1-3-6-4-5;/h1-4H,(H,7,8,9);. The Labute approximate surface area is 80.5 Å². The van der Waals surface area contributed by atoms with Crippen LogP contribution in [0, 0.1) is 0 Å². The molecule has 1 aromatic rings. The Morgan fingerprint density at radius 3 is 2.36 bits per heavy atom. The molecule has 1 rings (SSSR count). The monoisotopic (exact) mass is 183 g/mol. The van der Waals surface area contributed by atoms with E-state index in [1.807, 2.05) is 0 Å². The molecule has 6 heteroatoms. The SMILES string of the molecule is O=S(=O)(O)c1cccnc1.[Mg]. The third kappa shape index (κ3) is 3.15. The maximum Gasteiger partial charge on any atom is 0.296 e. The van der Waals surface area contributed by atoms with Crippen LogP contribution in [0.3, 0.4) is 0 Å². The molecule has 11 heavy (non-hydrogen) atoms. The van der Waals surface area contributed by atoms with Crippen molar-refractivity contribution in [3.8, 4) is 0 Å². The molecule has 0 unspecified atom stereocenters. The van der Waals surface area contributed by atoms with E-state index in [-0.39, 0.29) is 27.9 Å². The average Bonchev–Trinajstić information content (AvgIpc) is 1.88. The van der Waals surface area contributed by atoms with Crippen LogP contribution >= 0.6 is 0 Å². The van der Waals surface area contributed by atoms with Crippen molar-refractivity contribution in [1.29, 1.82) is 0 Å². The van der Waals surface area contributed by atoms with Crippen molar-refractivity contribution < 1.29 is 13.0 Å². The molecule has 1 aromatic heterocycles. The number of nitrogens with zero attached hydrogens (tertiary/aromatic N) is 1. The minimum absolute atomic E-state index is 0. The first-order valence-corrected chi connectivity index (χ1v) is 3.92. The first kappa shape index (κ1) is 10.8. The van der Waals surface area contributed by atoms with Crippen LogP contribution in [-0.2, 0) is 10.1 Å². The highest BCUT2D eigenvalue weighted by Gasteiger charge is 2.06. The van der Waals surface area contributed by atoms with E-state index in [1.54, 1.807) is 0 Å². The second-order valence-corrected chi connectivity index (χ2v) is 3.09. The van der Waals surface area contributed by atoms with Crippen molar-refractivity contribution in [1.82, 2.24) is 4.98 Å². The summed E-state index contributed by atoms with van der Waals surface area (Å²) in [5.41, 5.74) is 0. The molecule has 0 bridgehead atoms. The first-order valence-electron chi connectivity index (χ1n) is 2.48. The molecule has 0 amide bonds. The van der Waals surface area contributed by atoms with Gasteiger partial charge in [-0.05, 0) is 12.1 Å². The lowest BCUT2D eigenvalue weighted by Crippen LogP contribution is -1.97. The lowest BCUT2D eigenvalue weighted by Gasteiger charge is -1.91. The Morgan fingerprint density at radius 2 is 2.09 bits per heavy atom. The van der Waals surface area contributed by atoms with Crippen molar-refractivity contribution in [3.05, 3.63) is 24.5 Å². The molecule has 56 valence electrons. The largest absolute Gasteiger partial charge is 0.296 e. The number of pyridine rings is 1. The van der Waals surface area contributed by atoms with Gasteiger partial charge in [0.15, 0.2) is 0 Å². The molecule has 0 aromatic carbocycles. The summed E-state index contributed by atoms with van der Waals surface area (Å²) < 4.78 is 29.1. The second-order valence-electron chi connectivity index (χ2n) is 1.66. The van der Waals surface area contributed by atoms with Crippen LogP contribution in [0.25, 0.3) is 0 Å². The zero-order valence-corrected chi connectivity index (χ0v) is 7.87. The predicted octanol–water partition coefficient (Wildman–Crippen LogP) is -0.0525. The molecule has 0 saturated heterocycles. The molecule has 0 spiro atoms. The third-order valence-electron chi connectivity index (χ3n) is 0.932. The number of hydrogen-bond acceptors (Lipinski definition) is 3. The zero-order valence-electron chi connectivity index (χ0n) is 5.64. The molecule has 0 aliphatic rings. The molecule has 0 aliphatic heterocycles. The molecule has 4 nitrogen and oxygen atoms in total. The summed E-state index contributed by atoms with van der Waals surface area (Å²) in [4.78, 5) is 3.33. The highest BCUT2D eigenvalue weighted by molar-refractivity contribution is 7.85. The Morgan fingerprint density at radius 1 is 1.45 bits per heavy atom. The van der Waals surface area contributed by atoms with E-state index in [0.717, 1.165) is 6.20 Å². The van der Waals surface area contributed by atoms with E-state index in [2.05, 4.69) is 4.98 Å². The molecule has 0 fully saturated rings. The summed E-state index contributed by atoms with van der Waals surface area (Å²) in [6.45, 7) is 0. The van der Waals surface area contributed by atoms with Gasteiger partial charge in [-0.1, -0.05) is 0 Å². The molecule has 1 heterocycles. The molecule has 1 N–H and O–H groups in total. The van der Waals surface area contributed by atoms with Crippen LogP contribution < -0.4 is 0 Å². The second kappa shape index (κ2) is 4.00. The summed E-state index contributed by atoms with van der Waals surface area (Å²) in [6, 6.07) is 2.70. The van der Waals surface area contributed by atoms with Gasteiger partial charge in [-0.15, -0.1) is 0 Å². The number of aromatic nitrogens is 1. The van der Waals surface area contributed by atoms with Crippen molar-refractivity contribution in [3.63, 3.8) is 0 Å². The van der Waals surface area contributed by atoms with Crippen LogP contribution in [0.4, 0.5) is 0 Å². The summed E-state index contributed by atoms with van der Waals surface area (Å²) in [5, 5.41) is 0. The van der Waals surface area contributed by atoms with Gasteiger partial charge in [-0.3, -0.25) is 9.54 Å². The van der Waals surface area contributed by atoms with Crippen molar-refractivity contribution in [2.75, 3.05) is 0 Å². The smallest absolute Gasteiger partial charge is 0.282 e. The van der Waals surface area contributed by atoms with Crippen molar-refractivity contribution in [2.45, 2.75) is 4.90 Å². The highest BCUT2D eigenvalue weighted by Crippen LogP contribution is 2.03. The van der Waals surface area contributed by atoms with E-state index < -0.39 is 10.1 Å². The van der Waals surface area contributed by atoms with Crippen LogP contribution in [0.1, 0.15) is 0 Å². The summed E-state index contributed by atoms with van der Waals surface area (Å²) in [5.74, 6) is 0. The number of hydrogen-bond donors (Lipinski definition) is 1. The van der Waals surface area contributed by atoms with Gasteiger partial charge in [0.1, 0.15) is 4.90 Å². The van der Waals surface area contributed by atoms with E-state index in [4.69, 9.17) is 4.55 Å². The fourth-order valence-corrected chi connectivity index (χ4v) is 0.944. The van der Waals surface area contributed by atoms with E-state index >= 15 is 0 Å². The van der Waals surface area contributed by atoms with Crippen LogP contribution in [0.2, 0.25) is 0 Å². The van der Waals surface area contributed by atoms with Gasteiger partial charge >= 0.3 is 0 Å². The fourth-order valence-electron chi connectivity index (χ4n) is 0.500. The fraction of sp³-hybridized carbons (Fsp3) is 0. The first-order chi connectivity index (χ1) is 4.61. The third-order valence-corrected chi connectivity index (χ3v) is 1.77. The molecule has 2 radical (unpaired) electrons. The number of rotatable bonds is 1. The summed E-state index contributed by atoms with van der Waals surface area (Å²) in [7, 11) is -4.07. The quantitative estimate of drug-likeness (QED) is 0.490. The highest BCUT2D eigenvalue weighted by atomic mass is 32.2. The van der Waals surface area contributed by atoms with Gasteiger partial charge in [-0.25, -0.2) is 0 Å². The van der Waals surface area contributed by atoms with Crippen LogP contribution in [0.5, 0.6) is 0 Å². The Kier molecular flexibility index (Phi) is 3.94. The lowest BCUT2D eigenvalue weighted by molar-refractivity contribution is 0.483. The Bertz CT molecular complexity index is 310. The maximum atomic E-state index is 10.3. The van der Waals surface area contributed by atoms with Crippen LogP contribution in [0.15, 0.2) is 29.4 Å².